The van der Waals surface area contributed by atoms with E-state index in [-0.39, 0.29) is 6.61 Å². The van der Waals surface area contributed by atoms with Crippen LogP contribution in [-0.4, -0.2) is 29.9 Å². The maximum absolute atomic E-state index is 5.55. The van der Waals surface area contributed by atoms with Crippen molar-refractivity contribution in [1.29, 1.82) is 0 Å². The van der Waals surface area contributed by atoms with Gasteiger partial charge >= 0.3 is 6.01 Å². The molecule has 0 aromatic carbocycles. The third-order valence-corrected chi connectivity index (χ3v) is 3.07. The number of nitrogens with zero attached hydrogens (tertiary/aromatic N) is 6. The van der Waals surface area contributed by atoms with Gasteiger partial charge in [-0.1, -0.05) is 12.1 Å². The number of hydrogen-bond acceptors (Lipinski definition) is 6. The Morgan fingerprint density at radius 3 is 2.95 bits per heavy atom. The predicted octanol–water partition coefficient (Wildman–Crippen LogP) is 1.90. The average Bonchev–Trinajstić information content (AvgIpc) is 3.02. The molecule has 0 bridgehead atoms. The molecule has 0 N–H and O–H groups in total. The molecule has 0 fully saturated rings. The lowest BCUT2D eigenvalue weighted by Gasteiger charge is -2.02. The zero-order valence-corrected chi connectivity index (χ0v) is 12.5. The fourth-order valence-electron chi connectivity index (χ4n) is 1.94. The van der Waals surface area contributed by atoms with E-state index in [0.29, 0.717) is 11.7 Å². The van der Waals surface area contributed by atoms with Gasteiger partial charge in [0.2, 0.25) is 0 Å². The van der Waals surface area contributed by atoms with E-state index in [4.69, 9.17) is 4.74 Å². The second-order valence-electron chi connectivity index (χ2n) is 4.85. The van der Waals surface area contributed by atoms with Crippen molar-refractivity contribution >= 4 is 0 Å². The van der Waals surface area contributed by atoms with E-state index in [0.717, 1.165) is 23.4 Å². The summed E-state index contributed by atoms with van der Waals surface area (Å²) in [5, 5.41) is 8.16. The standard InChI is InChI=1S/C15H16N6O/c1-3-12-4-5-17-15(18-12)22-10-13-9-21(20-19-13)14-6-11(2)7-16-8-14/h4-9H,3,10H2,1-2H3. The molecule has 0 aliphatic carbocycles. The Balaban J connectivity index is 1.69. The fourth-order valence-corrected chi connectivity index (χ4v) is 1.94. The monoisotopic (exact) mass is 296 g/mol. The normalized spacial score (nSPS) is 10.6. The van der Waals surface area contributed by atoms with Crippen LogP contribution in [0.25, 0.3) is 5.69 Å². The molecule has 0 amide bonds. The summed E-state index contributed by atoms with van der Waals surface area (Å²) in [6.07, 6.45) is 7.87. The molecular weight excluding hydrogens is 280 g/mol. The molecule has 3 heterocycles. The molecule has 22 heavy (non-hydrogen) atoms. The minimum atomic E-state index is 0.270. The van der Waals surface area contributed by atoms with Crippen LogP contribution in [0, 0.1) is 6.92 Å². The third kappa shape index (κ3) is 3.25. The van der Waals surface area contributed by atoms with Crippen molar-refractivity contribution in [1.82, 2.24) is 29.9 Å². The van der Waals surface area contributed by atoms with Gasteiger partial charge in [-0.3, -0.25) is 4.98 Å². The number of ether oxygens (including phenoxy) is 1. The summed E-state index contributed by atoms with van der Waals surface area (Å²) >= 11 is 0. The van der Waals surface area contributed by atoms with Gasteiger partial charge < -0.3 is 4.74 Å². The molecule has 7 nitrogen and oxygen atoms in total. The first-order valence-corrected chi connectivity index (χ1v) is 7.02. The first-order valence-electron chi connectivity index (χ1n) is 7.02. The lowest BCUT2D eigenvalue weighted by Crippen LogP contribution is -2.01. The van der Waals surface area contributed by atoms with E-state index in [1.807, 2.05) is 26.0 Å². The summed E-state index contributed by atoms with van der Waals surface area (Å²) in [4.78, 5) is 12.5. The minimum absolute atomic E-state index is 0.270. The summed E-state index contributed by atoms with van der Waals surface area (Å²) in [6, 6.07) is 4.21. The lowest BCUT2D eigenvalue weighted by atomic mass is 10.3. The third-order valence-electron chi connectivity index (χ3n) is 3.07. The summed E-state index contributed by atoms with van der Waals surface area (Å²) < 4.78 is 7.22. The van der Waals surface area contributed by atoms with Gasteiger partial charge in [-0.25, -0.2) is 14.6 Å². The van der Waals surface area contributed by atoms with Crippen LogP contribution < -0.4 is 4.74 Å². The highest BCUT2D eigenvalue weighted by atomic mass is 16.5. The van der Waals surface area contributed by atoms with Gasteiger partial charge in [-0.2, -0.15) is 0 Å². The van der Waals surface area contributed by atoms with Crippen molar-refractivity contribution in [2.75, 3.05) is 0 Å². The van der Waals surface area contributed by atoms with Gasteiger partial charge in [0.1, 0.15) is 12.3 Å². The predicted molar refractivity (Wildman–Crippen MR) is 79.6 cm³/mol. The van der Waals surface area contributed by atoms with Gasteiger partial charge in [-0.05, 0) is 31.0 Å². The Bertz CT molecular complexity index is 770. The molecule has 3 aromatic heterocycles. The van der Waals surface area contributed by atoms with E-state index >= 15 is 0 Å². The molecule has 0 atom stereocenters. The fraction of sp³-hybridized carbons (Fsp3) is 0.267. The molecule has 3 aromatic rings. The molecule has 7 heteroatoms. The van der Waals surface area contributed by atoms with E-state index in [2.05, 4.69) is 25.3 Å². The minimum Gasteiger partial charge on any atom is -0.457 e. The van der Waals surface area contributed by atoms with Gasteiger partial charge in [0.15, 0.2) is 0 Å². The maximum Gasteiger partial charge on any atom is 0.316 e. The molecule has 0 saturated heterocycles. The topological polar surface area (TPSA) is 78.6 Å². The second kappa shape index (κ2) is 6.30. The Morgan fingerprint density at radius 2 is 2.14 bits per heavy atom. The Labute approximate surface area is 128 Å². The van der Waals surface area contributed by atoms with Crippen LogP contribution in [0.3, 0.4) is 0 Å². The largest absolute Gasteiger partial charge is 0.457 e. The molecular formula is C15H16N6O. The highest BCUT2D eigenvalue weighted by Crippen LogP contribution is 2.09. The molecule has 0 aliphatic heterocycles. The van der Waals surface area contributed by atoms with Crippen molar-refractivity contribution in [3.05, 3.63) is 53.9 Å². The van der Waals surface area contributed by atoms with Crippen LogP contribution >= 0.6 is 0 Å². The molecule has 0 spiro atoms. The van der Waals surface area contributed by atoms with Crippen LogP contribution in [0.2, 0.25) is 0 Å². The van der Waals surface area contributed by atoms with Crippen molar-refractivity contribution < 1.29 is 4.74 Å². The van der Waals surface area contributed by atoms with Crippen LogP contribution in [0.5, 0.6) is 6.01 Å². The lowest BCUT2D eigenvalue weighted by molar-refractivity contribution is 0.275. The quantitative estimate of drug-likeness (QED) is 0.715. The van der Waals surface area contributed by atoms with Gasteiger partial charge in [-0.15, -0.1) is 5.10 Å². The Hall–Kier alpha value is -2.83. The number of aromatic nitrogens is 6. The molecule has 0 aliphatic rings. The number of rotatable bonds is 5. The zero-order valence-electron chi connectivity index (χ0n) is 12.5. The number of pyridine rings is 1. The summed E-state index contributed by atoms with van der Waals surface area (Å²) in [5.41, 5.74) is 3.57. The van der Waals surface area contributed by atoms with Gasteiger partial charge in [0, 0.05) is 18.1 Å². The van der Waals surface area contributed by atoms with Crippen LogP contribution in [0.15, 0.2) is 36.9 Å². The number of aryl methyl sites for hydroxylation is 2. The van der Waals surface area contributed by atoms with Crippen molar-refractivity contribution in [3.63, 3.8) is 0 Å². The first kappa shape index (κ1) is 14.1. The highest BCUT2D eigenvalue weighted by molar-refractivity contribution is 5.30. The molecule has 0 radical (unpaired) electrons. The zero-order chi connectivity index (χ0) is 15.4. The number of hydrogen-bond donors (Lipinski definition) is 0. The van der Waals surface area contributed by atoms with E-state index in [9.17, 15) is 0 Å². The van der Waals surface area contributed by atoms with Gasteiger partial charge in [0.05, 0.1) is 18.1 Å². The summed E-state index contributed by atoms with van der Waals surface area (Å²) in [7, 11) is 0. The van der Waals surface area contributed by atoms with E-state index in [1.54, 1.807) is 29.5 Å². The molecule has 112 valence electrons. The van der Waals surface area contributed by atoms with E-state index in [1.165, 1.54) is 0 Å². The van der Waals surface area contributed by atoms with Crippen LogP contribution in [-0.2, 0) is 13.0 Å². The van der Waals surface area contributed by atoms with Crippen LogP contribution in [0.1, 0.15) is 23.9 Å². The maximum atomic E-state index is 5.55. The van der Waals surface area contributed by atoms with Crippen molar-refractivity contribution in [2.24, 2.45) is 0 Å². The molecule has 0 saturated carbocycles. The van der Waals surface area contributed by atoms with Crippen LogP contribution in [0.4, 0.5) is 0 Å². The SMILES string of the molecule is CCc1ccnc(OCc2cn(-c3cncc(C)c3)nn2)n1. The van der Waals surface area contributed by atoms with Crippen molar-refractivity contribution in [3.8, 4) is 11.7 Å². The Kier molecular flexibility index (Phi) is 4.04. The van der Waals surface area contributed by atoms with E-state index < -0.39 is 0 Å². The summed E-state index contributed by atoms with van der Waals surface area (Å²) in [5.74, 6) is 0. The summed E-state index contributed by atoms with van der Waals surface area (Å²) in [6.45, 7) is 4.29. The smallest absolute Gasteiger partial charge is 0.316 e. The average molecular weight is 296 g/mol. The first-order chi connectivity index (χ1) is 10.7. The van der Waals surface area contributed by atoms with Gasteiger partial charge in [0.25, 0.3) is 0 Å². The van der Waals surface area contributed by atoms with Crippen molar-refractivity contribution in [2.45, 2.75) is 26.9 Å². The second-order valence-corrected chi connectivity index (χ2v) is 4.85. The highest BCUT2D eigenvalue weighted by Gasteiger charge is 2.06. The Morgan fingerprint density at radius 1 is 1.23 bits per heavy atom. The molecule has 0 unspecified atom stereocenters. The molecule has 3 rings (SSSR count).